The van der Waals surface area contributed by atoms with Crippen molar-refractivity contribution in [1.29, 1.82) is 0 Å². The summed E-state index contributed by atoms with van der Waals surface area (Å²) in [7, 11) is -16.1. The molecule has 8 atom stereocenters. The third-order valence-corrected chi connectivity index (χ3v) is 12.0. The lowest BCUT2D eigenvalue weighted by molar-refractivity contribution is -0.166. The van der Waals surface area contributed by atoms with Gasteiger partial charge in [-0.05, 0) is 10.9 Å². The number of phosphoric acid groups is 3. The Labute approximate surface area is 283 Å². The maximum Gasteiger partial charge on any atom is 0.490 e. The standard InChI is InChI=1S/C19H23N6O18P3S3/c1-37-17(27)12-8(6(3-48-12)4-49(35)36)22-14(26)18-40-10-7(2-38-45(31,32)43-46(33,34)42-44(28,29)30)39-16(11(10)41-18)25-5-21-9-13(25)23-19(20)24-15(9)47/h3,5,7,10-11,16,18H,2,4H2,1H3,(H,22,26)(H,31,32)(H,33,34)(H,35,36)(H2,28,29,30)(H3,20,23,24,47)/p-1. The number of carbonyl (C=O) groups is 2. The summed E-state index contributed by atoms with van der Waals surface area (Å²) in [6.45, 7) is -0.998. The zero-order valence-electron chi connectivity index (χ0n) is 23.9. The molecule has 2 aliphatic rings. The highest BCUT2D eigenvalue weighted by Gasteiger charge is 2.56. The first-order valence-corrected chi connectivity index (χ1v) is 19.9. The molecule has 5 heterocycles. The number of hydrogen-bond donors (Lipinski definition) is 7. The van der Waals surface area contributed by atoms with E-state index >= 15 is 0 Å². The maximum absolute atomic E-state index is 13.4. The van der Waals surface area contributed by atoms with Crippen molar-refractivity contribution in [3.8, 4) is 0 Å². The molecule has 8 N–H and O–H groups in total. The summed E-state index contributed by atoms with van der Waals surface area (Å²) in [4.78, 5) is 73.3. The van der Waals surface area contributed by atoms with Crippen LogP contribution in [0.4, 0.5) is 11.6 Å². The van der Waals surface area contributed by atoms with Gasteiger partial charge < -0.3 is 59.1 Å². The highest BCUT2D eigenvalue weighted by atomic mass is 32.2. The minimum atomic E-state index is -5.85. The molecule has 1 amide bonds. The molecule has 0 aliphatic carbocycles. The number of hydrogen-bond acceptors (Lipinski definition) is 19. The maximum atomic E-state index is 13.4. The van der Waals surface area contributed by atoms with E-state index in [-0.39, 0.29) is 37.9 Å². The number of methoxy groups -OCH3 is 1. The normalized spacial score (nSPS) is 25.4. The Balaban J connectivity index is 1.42. The highest BCUT2D eigenvalue weighted by molar-refractivity contribution is 7.78. The van der Waals surface area contributed by atoms with Gasteiger partial charge in [-0.1, -0.05) is 23.3 Å². The van der Waals surface area contributed by atoms with Crippen molar-refractivity contribution in [3.63, 3.8) is 0 Å². The molecule has 8 unspecified atom stereocenters. The molecule has 3 aromatic rings. The topological polar surface area (TPSA) is 356 Å². The van der Waals surface area contributed by atoms with Crippen LogP contribution in [0.1, 0.15) is 21.5 Å². The number of aromatic nitrogens is 4. The number of H-pyrrole nitrogens is 1. The number of fused-ring (bicyclic) bond motifs is 2. The van der Waals surface area contributed by atoms with Gasteiger partial charge in [-0.2, -0.15) is 8.62 Å². The second kappa shape index (κ2) is 14.3. The van der Waals surface area contributed by atoms with Crippen molar-refractivity contribution in [2.45, 2.75) is 36.6 Å². The first-order valence-electron chi connectivity index (χ1n) is 12.8. The highest BCUT2D eigenvalue weighted by Crippen LogP contribution is 2.66. The summed E-state index contributed by atoms with van der Waals surface area (Å²) < 4.78 is 93.6. The average Bonchev–Trinajstić information content (AvgIpc) is 3.73. The van der Waals surface area contributed by atoms with Crippen LogP contribution in [0.3, 0.4) is 0 Å². The molecule has 2 saturated heterocycles. The first-order chi connectivity index (χ1) is 22.8. The first kappa shape index (κ1) is 37.9. The third-order valence-electron chi connectivity index (χ3n) is 6.38. The number of thiophene rings is 1. The molecule has 24 nitrogen and oxygen atoms in total. The van der Waals surface area contributed by atoms with Crippen LogP contribution < -0.4 is 11.1 Å². The van der Waals surface area contributed by atoms with Gasteiger partial charge >= 0.3 is 29.4 Å². The van der Waals surface area contributed by atoms with E-state index in [1.807, 2.05) is 0 Å². The van der Waals surface area contributed by atoms with Crippen molar-refractivity contribution < 1.29 is 83.7 Å². The van der Waals surface area contributed by atoms with Gasteiger partial charge in [0.05, 0.1) is 25.7 Å². The van der Waals surface area contributed by atoms with Crippen LogP contribution in [0.5, 0.6) is 0 Å². The Morgan fingerprint density at radius 3 is 2.53 bits per heavy atom. The fourth-order valence-corrected chi connectivity index (χ4v) is 9.43. The van der Waals surface area contributed by atoms with Crippen molar-refractivity contribution in [1.82, 2.24) is 19.5 Å². The van der Waals surface area contributed by atoms with Gasteiger partial charge in [-0.25, -0.2) is 28.5 Å². The number of esters is 1. The number of nitrogens with zero attached hydrogens (tertiary/aromatic N) is 3. The van der Waals surface area contributed by atoms with Crippen LogP contribution in [-0.4, -0.2) is 98.0 Å². The van der Waals surface area contributed by atoms with E-state index in [1.54, 1.807) is 0 Å². The van der Waals surface area contributed by atoms with E-state index in [1.165, 1.54) is 16.3 Å². The summed E-state index contributed by atoms with van der Waals surface area (Å²) >= 11 is 3.37. The lowest BCUT2D eigenvalue weighted by Crippen LogP contribution is -2.34. The van der Waals surface area contributed by atoms with Gasteiger partial charge in [-0.3, -0.25) is 18.1 Å². The molecule has 0 bridgehead atoms. The molecule has 2 fully saturated rings. The van der Waals surface area contributed by atoms with Gasteiger partial charge in [0.2, 0.25) is 6.29 Å². The summed E-state index contributed by atoms with van der Waals surface area (Å²) in [6.07, 6.45) is -5.93. The smallest absolute Gasteiger partial charge is 0.490 e. The van der Waals surface area contributed by atoms with Crippen LogP contribution in [0.15, 0.2) is 11.7 Å². The fraction of sp³-hybridized carbons (Fsp3) is 0.421. The Morgan fingerprint density at radius 1 is 1.18 bits per heavy atom. The quantitative estimate of drug-likeness (QED) is 0.0527. The molecule has 30 heteroatoms. The molecular formula is C19H22N6O18P3S3-. The number of nitrogen functional groups attached to an aromatic ring is 1. The van der Waals surface area contributed by atoms with Crippen molar-refractivity contribution in [2.75, 3.05) is 24.8 Å². The van der Waals surface area contributed by atoms with Gasteiger partial charge in [-0.15, -0.1) is 11.3 Å². The summed E-state index contributed by atoms with van der Waals surface area (Å²) in [5.41, 5.74) is 5.96. The fourth-order valence-electron chi connectivity index (χ4n) is 4.62. The molecule has 3 aromatic heterocycles. The van der Waals surface area contributed by atoms with Crippen molar-refractivity contribution in [3.05, 3.63) is 26.8 Å². The summed E-state index contributed by atoms with van der Waals surface area (Å²) in [5.74, 6) is -2.62. The minimum Gasteiger partial charge on any atom is -0.772 e. The van der Waals surface area contributed by atoms with Gasteiger partial charge in [0.15, 0.2) is 16.8 Å². The number of nitrogens with two attached hydrogens (primary N) is 1. The Bertz CT molecular complexity index is 2020. The van der Waals surface area contributed by atoms with Crippen LogP contribution >= 0.6 is 47.0 Å². The Kier molecular flexibility index (Phi) is 11.1. The number of ether oxygens (including phenoxy) is 4. The number of amides is 1. The molecule has 0 saturated carbocycles. The van der Waals surface area contributed by atoms with Crippen LogP contribution in [-0.2, 0) is 67.4 Å². The molecular weight excluding hydrogens is 789 g/mol. The van der Waals surface area contributed by atoms with E-state index < -0.39 is 89.6 Å². The van der Waals surface area contributed by atoms with Gasteiger partial charge in [0, 0.05) is 5.75 Å². The van der Waals surface area contributed by atoms with Crippen LogP contribution in [0, 0.1) is 4.64 Å². The zero-order chi connectivity index (χ0) is 36.1. The number of anilines is 2. The number of nitrogens with one attached hydrogen (secondary N) is 2. The monoisotopic (exact) mass is 811 g/mol. The molecule has 5 rings (SSSR count). The summed E-state index contributed by atoms with van der Waals surface area (Å²) in [6, 6.07) is 0. The number of imidazole rings is 1. The molecule has 2 aliphatic heterocycles. The minimum absolute atomic E-state index is 0.00316. The van der Waals surface area contributed by atoms with E-state index in [9.17, 15) is 41.8 Å². The predicted octanol–water partition coefficient (Wildman–Crippen LogP) is 0.288. The molecule has 0 spiro atoms. The molecule has 270 valence electrons. The van der Waals surface area contributed by atoms with E-state index in [2.05, 4.69) is 28.9 Å². The molecule has 0 aromatic carbocycles. The zero-order valence-corrected chi connectivity index (χ0v) is 29.1. The average molecular weight is 812 g/mol. The van der Waals surface area contributed by atoms with E-state index in [0.29, 0.717) is 0 Å². The summed E-state index contributed by atoms with van der Waals surface area (Å²) in [5, 5.41) is 3.71. The number of rotatable bonds is 13. The number of phosphoric ester groups is 1. The van der Waals surface area contributed by atoms with Crippen LogP contribution in [0.2, 0.25) is 0 Å². The largest absolute Gasteiger partial charge is 0.772 e. The van der Waals surface area contributed by atoms with Crippen molar-refractivity contribution >= 4 is 92.8 Å². The predicted molar refractivity (Wildman–Crippen MR) is 161 cm³/mol. The SMILES string of the molecule is COC(=O)c1scc(CS(=O)[O-])c1NC(=O)C1OC2C(COP(=O)(O)OP(=O)(O)OP(=O)(O)O)OC(n3cnc4c(=S)nc(N)[nH]c43)C2O1. The lowest BCUT2D eigenvalue weighted by Gasteiger charge is -2.22. The molecule has 49 heavy (non-hydrogen) atoms. The third kappa shape index (κ3) is 8.74. The second-order valence-electron chi connectivity index (χ2n) is 9.66. The molecule has 0 radical (unpaired) electrons. The van der Waals surface area contributed by atoms with E-state index in [4.69, 9.17) is 51.2 Å². The van der Waals surface area contributed by atoms with E-state index in [0.717, 1.165) is 18.4 Å². The second-order valence-corrected chi connectivity index (χ2v) is 16.2. The Morgan fingerprint density at radius 2 is 1.88 bits per heavy atom. The lowest BCUT2D eigenvalue weighted by atomic mass is 10.1. The number of carbonyl (C=O) groups excluding carboxylic acids is 2. The Hall–Kier alpha value is -2.39. The van der Waals surface area contributed by atoms with Gasteiger partial charge in [0.1, 0.15) is 34.4 Å². The number of aromatic amines is 1. The van der Waals surface area contributed by atoms with Crippen molar-refractivity contribution in [2.24, 2.45) is 0 Å². The van der Waals surface area contributed by atoms with Crippen LogP contribution in [0.25, 0.3) is 11.2 Å². The van der Waals surface area contributed by atoms with Gasteiger partial charge in [0.25, 0.3) is 5.91 Å².